The monoisotopic (exact) mass is 590 g/mol. The van der Waals surface area contributed by atoms with E-state index in [1.54, 1.807) is 23.6 Å². The number of nitrogens with zero attached hydrogens (tertiary/aromatic N) is 4. The molecule has 0 bridgehead atoms. The molecule has 1 aromatic carbocycles. The van der Waals surface area contributed by atoms with Crippen LogP contribution in [0.1, 0.15) is 39.3 Å². The lowest BCUT2D eigenvalue weighted by atomic mass is 9.86. The molecule has 41 heavy (non-hydrogen) atoms. The Morgan fingerprint density at radius 1 is 1.34 bits per heavy atom. The van der Waals surface area contributed by atoms with Gasteiger partial charge in [-0.1, -0.05) is 31.5 Å². The van der Waals surface area contributed by atoms with E-state index in [9.17, 15) is 9.90 Å². The van der Waals surface area contributed by atoms with Gasteiger partial charge in [0, 0.05) is 6.42 Å². The summed E-state index contributed by atoms with van der Waals surface area (Å²) < 4.78 is 36.7. The number of hydrogen-bond donors (Lipinski definition) is 3. The summed E-state index contributed by atoms with van der Waals surface area (Å²) in [5.74, 6) is 0.382. The molecule has 222 valence electrons. The molecule has 2 fully saturated rings. The number of esters is 1. The van der Waals surface area contributed by atoms with Gasteiger partial charge in [-0.3, -0.25) is 9.36 Å². The van der Waals surface area contributed by atoms with Crippen LogP contribution in [0.25, 0.3) is 11.2 Å². The second kappa shape index (κ2) is 12.8. The molecule has 3 aromatic rings. The average molecular weight is 591 g/mol. The van der Waals surface area contributed by atoms with Crippen molar-refractivity contribution in [2.75, 3.05) is 32.7 Å². The van der Waals surface area contributed by atoms with Crippen LogP contribution < -0.4 is 20.1 Å². The molecular formula is C26H35N6O8P. The minimum Gasteiger partial charge on any atom is -0.479 e. The van der Waals surface area contributed by atoms with E-state index < -0.39 is 44.6 Å². The summed E-state index contributed by atoms with van der Waals surface area (Å²) in [5, 5.41) is 14.5. The van der Waals surface area contributed by atoms with Crippen molar-refractivity contribution in [2.24, 2.45) is 0 Å². The third-order valence-electron chi connectivity index (χ3n) is 6.97. The van der Waals surface area contributed by atoms with Gasteiger partial charge < -0.3 is 38.8 Å². The van der Waals surface area contributed by atoms with Crippen LogP contribution in [0, 0.1) is 0 Å². The van der Waals surface area contributed by atoms with Gasteiger partial charge in [-0.05, 0) is 25.5 Å². The van der Waals surface area contributed by atoms with E-state index in [0.717, 1.165) is 12.8 Å². The molecule has 1 spiro atoms. The van der Waals surface area contributed by atoms with E-state index in [-0.39, 0.29) is 18.4 Å². The number of aromatic nitrogens is 4. The van der Waals surface area contributed by atoms with Crippen LogP contribution in [-0.2, 0) is 23.5 Å². The first-order valence-electron chi connectivity index (χ1n) is 13.5. The number of unbranched alkanes of at least 4 members (excludes halogenated alkanes) is 1. The number of imidazole rings is 1. The van der Waals surface area contributed by atoms with Crippen LogP contribution in [0.5, 0.6) is 11.6 Å². The van der Waals surface area contributed by atoms with Crippen molar-refractivity contribution >= 4 is 31.6 Å². The molecular weight excluding hydrogens is 555 g/mol. The standard InChI is InChI=1S/C26H35N6O8P/c1-4-5-12-36-23(34)16(2)31-41(40-17-9-7-6-8-10-17)38-14-18-20(33)26(11-13-37-26)24(39-18)32-15-28-19-21(32)29-25(27)30-22(19)35-3/h6-10,15-16,18,20,24,31,33H,4-5,11-14H2,1-3H3,(H2,27,29,30)/t16-,18?,20+,24?,26+,41?/m0/s1. The normalized spacial score (nSPS) is 25.1. The summed E-state index contributed by atoms with van der Waals surface area (Å²) in [5.41, 5.74) is 5.64. The Morgan fingerprint density at radius 2 is 2.12 bits per heavy atom. The Morgan fingerprint density at radius 3 is 2.80 bits per heavy atom. The fourth-order valence-corrected chi connectivity index (χ4v) is 5.89. The van der Waals surface area contributed by atoms with Crippen LogP contribution >= 0.6 is 8.53 Å². The number of aliphatic hydroxyl groups is 1. The zero-order valence-corrected chi connectivity index (χ0v) is 24.0. The number of nitrogens with one attached hydrogen (secondary N) is 1. The van der Waals surface area contributed by atoms with Crippen molar-refractivity contribution < 1.29 is 37.9 Å². The number of nitrogen functional groups attached to an aromatic ring is 1. The third-order valence-corrected chi connectivity index (χ3v) is 8.33. The number of rotatable bonds is 13. The summed E-state index contributed by atoms with van der Waals surface area (Å²) >= 11 is 0. The maximum atomic E-state index is 12.5. The van der Waals surface area contributed by atoms with E-state index in [1.807, 2.05) is 25.1 Å². The van der Waals surface area contributed by atoms with Gasteiger partial charge in [0.25, 0.3) is 0 Å². The van der Waals surface area contributed by atoms with Crippen molar-refractivity contribution in [3.8, 4) is 11.6 Å². The quantitative estimate of drug-likeness (QED) is 0.151. The molecule has 15 heteroatoms. The molecule has 4 N–H and O–H groups in total. The first-order valence-corrected chi connectivity index (χ1v) is 14.6. The number of nitrogens with two attached hydrogens (primary N) is 1. The zero-order valence-electron chi connectivity index (χ0n) is 23.1. The minimum absolute atomic E-state index is 0.00947. The number of para-hydroxylation sites is 1. The highest BCUT2D eigenvalue weighted by atomic mass is 31.2. The summed E-state index contributed by atoms with van der Waals surface area (Å²) in [6.45, 7) is 4.45. The van der Waals surface area contributed by atoms with Crippen LogP contribution in [0.2, 0.25) is 0 Å². The highest BCUT2D eigenvalue weighted by Gasteiger charge is 2.62. The minimum atomic E-state index is -1.83. The zero-order chi connectivity index (χ0) is 29.0. The second-order valence-corrected chi connectivity index (χ2v) is 11.0. The molecule has 4 heterocycles. The molecule has 0 radical (unpaired) electrons. The highest BCUT2D eigenvalue weighted by molar-refractivity contribution is 7.45. The summed E-state index contributed by atoms with van der Waals surface area (Å²) in [6, 6.07) is 8.40. The second-order valence-electron chi connectivity index (χ2n) is 9.77. The fraction of sp³-hybridized carbons (Fsp3) is 0.538. The molecule has 2 aromatic heterocycles. The molecule has 5 rings (SSSR count). The third kappa shape index (κ3) is 6.08. The molecule has 6 atom stereocenters. The summed E-state index contributed by atoms with van der Waals surface area (Å²) in [7, 11) is -0.366. The van der Waals surface area contributed by atoms with E-state index in [1.165, 1.54) is 13.4 Å². The van der Waals surface area contributed by atoms with Gasteiger partial charge in [-0.2, -0.15) is 9.97 Å². The maximum absolute atomic E-state index is 12.5. The summed E-state index contributed by atoms with van der Waals surface area (Å²) in [4.78, 5) is 25.3. The van der Waals surface area contributed by atoms with Gasteiger partial charge in [-0.25, -0.2) is 10.1 Å². The van der Waals surface area contributed by atoms with Crippen LogP contribution in [0.3, 0.4) is 0 Å². The van der Waals surface area contributed by atoms with Gasteiger partial charge in [0.15, 0.2) is 17.4 Å². The molecule has 0 amide bonds. The Hall–Kier alpha value is -3.13. The topological polar surface area (TPSA) is 174 Å². The molecule has 0 aliphatic carbocycles. The lowest BCUT2D eigenvalue weighted by molar-refractivity contribution is -0.225. The van der Waals surface area contributed by atoms with E-state index in [4.69, 9.17) is 33.7 Å². The van der Waals surface area contributed by atoms with Gasteiger partial charge in [0.1, 0.15) is 29.6 Å². The Kier molecular flexibility index (Phi) is 9.17. The van der Waals surface area contributed by atoms with Crippen molar-refractivity contribution in [2.45, 2.75) is 63.2 Å². The lowest BCUT2D eigenvalue weighted by Gasteiger charge is -2.44. The van der Waals surface area contributed by atoms with Crippen LogP contribution in [0.15, 0.2) is 36.7 Å². The summed E-state index contributed by atoms with van der Waals surface area (Å²) in [6.07, 6.45) is 1.17. The van der Waals surface area contributed by atoms with E-state index >= 15 is 0 Å². The number of fused-ring (bicyclic) bond motifs is 1. The largest absolute Gasteiger partial charge is 0.479 e. The Labute approximate surface area is 238 Å². The number of methoxy groups -OCH3 is 1. The number of ether oxygens (including phenoxy) is 4. The number of anilines is 1. The first kappa shape index (κ1) is 29.4. The van der Waals surface area contributed by atoms with Gasteiger partial charge in [0.2, 0.25) is 11.8 Å². The molecule has 2 saturated heterocycles. The maximum Gasteiger partial charge on any atom is 0.323 e. The van der Waals surface area contributed by atoms with Crippen molar-refractivity contribution in [3.63, 3.8) is 0 Å². The predicted octanol–water partition coefficient (Wildman–Crippen LogP) is 2.48. The SMILES string of the molecule is CCCCOC(=O)[C@H](C)NP(OCC1OC(n2cnc3c(OC)nc(N)nc32)[C@@]2(CCO2)[C@@H]1O)Oc1ccccc1. The molecule has 14 nitrogen and oxygen atoms in total. The first-order chi connectivity index (χ1) is 19.9. The Balaban J connectivity index is 1.32. The van der Waals surface area contributed by atoms with Crippen molar-refractivity contribution in [3.05, 3.63) is 36.7 Å². The number of aliphatic hydroxyl groups excluding tert-OH is 1. The number of carbonyl (C=O) groups is 1. The van der Waals surface area contributed by atoms with Crippen molar-refractivity contribution in [1.82, 2.24) is 24.6 Å². The van der Waals surface area contributed by atoms with E-state index in [2.05, 4.69) is 20.0 Å². The molecule has 3 unspecified atom stereocenters. The fourth-order valence-electron chi connectivity index (χ4n) is 4.69. The molecule has 2 aliphatic rings. The van der Waals surface area contributed by atoms with Gasteiger partial charge in [0.05, 0.1) is 33.3 Å². The number of carbonyl (C=O) groups excluding carboxylic acids is 1. The smallest absolute Gasteiger partial charge is 0.323 e. The van der Waals surface area contributed by atoms with Crippen LogP contribution in [-0.4, -0.2) is 81.4 Å². The lowest BCUT2D eigenvalue weighted by Crippen LogP contribution is -2.56. The molecule has 2 aliphatic heterocycles. The molecule has 0 saturated carbocycles. The Bertz CT molecular complexity index is 1330. The average Bonchev–Trinajstić information content (AvgIpc) is 3.49. The van der Waals surface area contributed by atoms with Gasteiger partial charge in [-0.15, -0.1) is 0 Å². The number of hydrogen-bond acceptors (Lipinski definition) is 13. The van der Waals surface area contributed by atoms with Crippen LogP contribution in [0.4, 0.5) is 5.95 Å². The highest BCUT2D eigenvalue weighted by Crippen LogP contribution is 2.50. The van der Waals surface area contributed by atoms with Gasteiger partial charge >= 0.3 is 14.5 Å². The van der Waals surface area contributed by atoms with E-state index in [0.29, 0.717) is 36.5 Å². The predicted molar refractivity (Wildman–Crippen MR) is 148 cm³/mol. The number of benzene rings is 1. The van der Waals surface area contributed by atoms with Crippen molar-refractivity contribution in [1.29, 1.82) is 0 Å².